The molecule has 9 heteroatoms. The molecule has 0 saturated carbocycles. The van der Waals surface area contributed by atoms with Gasteiger partial charge in [-0.15, -0.1) is 0 Å². The van der Waals surface area contributed by atoms with Gasteiger partial charge in [0, 0.05) is 37.7 Å². The molecule has 0 fully saturated rings. The number of benzene rings is 1. The summed E-state index contributed by atoms with van der Waals surface area (Å²) in [5, 5.41) is 12.6. The first kappa shape index (κ1) is 19.3. The van der Waals surface area contributed by atoms with Gasteiger partial charge in [0.2, 0.25) is 10.0 Å². The number of rotatable bonds is 8. The maximum atomic E-state index is 12.6. The minimum absolute atomic E-state index is 0.0289. The summed E-state index contributed by atoms with van der Waals surface area (Å²) in [5.41, 5.74) is 5.67. The van der Waals surface area contributed by atoms with E-state index >= 15 is 0 Å². The van der Waals surface area contributed by atoms with Crippen LogP contribution >= 0.6 is 0 Å². The molecular formula is C16H23N5O3S. The van der Waals surface area contributed by atoms with Crippen LogP contribution in [0.2, 0.25) is 0 Å². The van der Waals surface area contributed by atoms with Crippen molar-refractivity contribution in [1.29, 1.82) is 0 Å². The zero-order valence-electron chi connectivity index (χ0n) is 14.2. The van der Waals surface area contributed by atoms with E-state index in [-0.39, 0.29) is 28.5 Å². The topological polar surface area (TPSA) is 130 Å². The lowest BCUT2D eigenvalue weighted by molar-refractivity contribution is 0.0802. The number of sulfonamides is 1. The Balaban J connectivity index is 2.16. The van der Waals surface area contributed by atoms with Crippen LogP contribution in [-0.4, -0.2) is 48.7 Å². The van der Waals surface area contributed by atoms with Gasteiger partial charge >= 0.3 is 0 Å². The fourth-order valence-corrected chi connectivity index (χ4v) is 3.45. The van der Waals surface area contributed by atoms with Crippen LogP contribution < -0.4 is 15.8 Å². The van der Waals surface area contributed by atoms with Gasteiger partial charge in [0.1, 0.15) is 0 Å². The monoisotopic (exact) mass is 365 g/mol. The highest BCUT2D eigenvalue weighted by molar-refractivity contribution is 7.89. The number of anilines is 1. The molecule has 5 N–H and O–H groups in total. The van der Waals surface area contributed by atoms with Crippen molar-refractivity contribution < 1.29 is 13.5 Å². The van der Waals surface area contributed by atoms with Crippen molar-refractivity contribution in [2.45, 2.75) is 24.3 Å². The smallest absolute Gasteiger partial charge is 0.241 e. The maximum absolute atomic E-state index is 12.6. The summed E-state index contributed by atoms with van der Waals surface area (Å²) in [6, 6.07) is 6.29. The first-order valence-electron chi connectivity index (χ1n) is 7.79. The van der Waals surface area contributed by atoms with Gasteiger partial charge in [-0.05, 0) is 32.0 Å². The molecular weight excluding hydrogens is 342 g/mol. The van der Waals surface area contributed by atoms with Crippen LogP contribution in [0.3, 0.4) is 0 Å². The molecule has 2 aromatic rings. The standard InChI is InChI=1S/C16H23N5O3S/c1-16(2,22)11-18-9-10-21-25(23,24)13-6-3-5-12(17)14(13)15-19-7-4-8-20-15/h3-8,18,21-22H,9-11,17H2,1-2H3. The van der Waals surface area contributed by atoms with Gasteiger partial charge in [-0.25, -0.2) is 23.1 Å². The molecule has 0 atom stereocenters. The van der Waals surface area contributed by atoms with E-state index < -0.39 is 15.6 Å². The van der Waals surface area contributed by atoms with Crippen LogP contribution in [-0.2, 0) is 10.0 Å². The van der Waals surface area contributed by atoms with Gasteiger partial charge in [0.15, 0.2) is 5.82 Å². The van der Waals surface area contributed by atoms with Crippen molar-refractivity contribution in [3.05, 3.63) is 36.7 Å². The van der Waals surface area contributed by atoms with Gasteiger partial charge in [-0.1, -0.05) is 6.07 Å². The predicted octanol–water partition coefficient (Wildman–Crippen LogP) is 0.365. The van der Waals surface area contributed by atoms with Gasteiger partial charge in [0.05, 0.1) is 16.1 Å². The fraction of sp³-hybridized carbons (Fsp3) is 0.375. The number of nitrogens with one attached hydrogen (secondary N) is 2. The minimum Gasteiger partial charge on any atom is -0.398 e. The molecule has 0 aliphatic carbocycles. The largest absolute Gasteiger partial charge is 0.398 e. The number of nitrogens with two attached hydrogens (primary N) is 1. The molecule has 0 spiro atoms. The lowest BCUT2D eigenvalue weighted by Gasteiger charge is -2.18. The molecule has 0 aliphatic heterocycles. The third kappa shape index (κ3) is 5.46. The van der Waals surface area contributed by atoms with E-state index in [1.54, 1.807) is 32.0 Å². The highest BCUT2D eigenvalue weighted by atomic mass is 32.2. The summed E-state index contributed by atoms with van der Waals surface area (Å²) in [6.45, 7) is 4.24. The first-order chi connectivity index (χ1) is 11.7. The van der Waals surface area contributed by atoms with Gasteiger partial charge in [0.25, 0.3) is 0 Å². The Kier molecular flexibility index (Phi) is 6.07. The van der Waals surface area contributed by atoms with Gasteiger partial charge < -0.3 is 16.2 Å². The lowest BCUT2D eigenvalue weighted by Crippen LogP contribution is -2.39. The van der Waals surface area contributed by atoms with E-state index in [4.69, 9.17) is 5.73 Å². The molecule has 0 aliphatic rings. The number of aromatic nitrogens is 2. The summed E-state index contributed by atoms with van der Waals surface area (Å²) in [7, 11) is -3.79. The Hall–Kier alpha value is -2.07. The third-order valence-electron chi connectivity index (χ3n) is 3.29. The number of aliphatic hydroxyl groups is 1. The Labute approximate surface area is 147 Å². The van der Waals surface area contributed by atoms with Crippen molar-refractivity contribution in [2.75, 3.05) is 25.4 Å². The molecule has 25 heavy (non-hydrogen) atoms. The van der Waals surface area contributed by atoms with E-state index in [1.807, 2.05) is 0 Å². The van der Waals surface area contributed by atoms with E-state index in [0.717, 1.165) is 0 Å². The highest BCUT2D eigenvalue weighted by Gasteiger charge is 2.22. The summed E-state index contributed by atoms with van der Waals surface area (Å²) in [4.78, 5) is 8.22. The average Bonchev–Trinajstić information content (AvgIpc) is 2.54. The lowest BCUT2D eigenvalue weighted by atomic mass is 10.1. The summed E-state index contributed by atoms with van der Waals surface area (Å²) >= 11 is 0. The van der Waals surface area contributed by atoms with Crippen molar-refractivity contribution >= 4 is 15.7 Å². The molecule has 2 rings (SSSR count). The van der Waals surface area contributed by atoms with Crippen LogP contribution in [0.25, 0.3) is 11.4 Å². The fourth-order valence-electron chi connectivity index (χ4n) is 2.19. The summed E-state index contributed by atoms with van der Waals surface area (Å²) < 4.78 is 27.8. The second kappa shape index (κ2) is 7.87. The number of nitrogens with zero attached hydrogens (tertiary/aromatic N) is 2. The Morgan fingerprint density at radius 2 is 1.84 bits per heavy atom. The molecule has 0 radical (unpaired) electrons. The van der Waals surface area contributed by atoms with E-state index in [2.05, 4.69) is 20.0 Å². The first-order valence-corrected chi connectivity index (χ1v) is 9.28. The molecule has 0 saturated heterocycles. The molecule has 136 valence electrons. The number of hydrogen-bond donors (Lipinski definition) is 4. The predicted molar refractivity (Wildman–Crippen MR) is 96.2 cm³/mol. The Morgan fingerprint density at radius 1 is 1.16 bits per heavy atom. The average molecular weight is 365 g/mol. The van der Waals surface area contributed by atoms with Crippen LogP contribution in [0.4, 0.5) is 5.69 Å². The van der Waals surface area contributed by atoms with Crippen LogP contribution in [0.5, 0.6) is 0 Å². The summed E-state index contributed by atoms with van der Waals surface area (Å²) in [6.07, 6.45) is 3.05. The van der Waals surface area contributed by atoms with Crippen molar-refractivity contribution in [3.63, 3.8) is 0 Å². The van der Waals surface area contributed by atoms with Crippen LogP contribution in [0.1, 0.15) is 13.8 Å². The number of nitrogen functional groups attached to an aromatic ring is 1. The van der Waals surface area contributed by atoms with Crippen molar-refractivity contribution in [3.8, 4) is 11.4 Å². The van der Waals surface area contributed by atoms with E-state index in [0.29, 0.717) is 13.1 Å². The second-order valence-electron chi connectivity index (χ2n) is 6.18. The summed E-state index contributed by atoms with van der Waals surface area (Å²) in [5.74, 6) is 0.251. The van der Waals surface area contributed by atoms with E-state index in [9.17, 15) is 13.5 Å². The molecule has 1 aromatic carbocycles. The maximum Gasteiger partial charge on any atom is 0.241 e. The highest BCUT2D eigenvalue weighted by Crippen LogP contribution is 2.29. The zero-order valence-corrected chi connectivity index (χ0v) is 15.0. The molecule has 0 amide bonds. The normalized spacial score (nSPS) is 12.3. The minimum atomic E-state index is -3.79. The molecule has 8 nitrogen and oxygen atoms in total. The van der Waals surface area contributed by atoms with Gasteiger partial charge in [-0.3, -0.25) is 0 Å². The zero-order chi connectivity index (χ0) is 18.5. The van der Waals surface area contributed by atoms with Crippen molar-refractivity contribution in [1.82, 2.24) is 20.0 Å². The van der Waals surface area contributed by atoms with Crippen LogP contribution in [0, 0.1) is 0 Å². The number of hydrogen-bond acceptors (Lipinski definition) is 7. The quantitative estimate of drug-likeness (QED) is 0.392. The van der Waals surface area contributed by atoms with Crippen LogP contribution in [0.15, 0.2) is 41.6 Å². The Morgan fingerprint density at radius 3 is 2.48 bits per heavy atom. The van der Waals surface area contributed by atoms with Crippen molar-refractivity contribution in [2.24, 2.45) is 0 Å². The molecule has 0 unspecified atom stereocenters. The third-order valence-corrected chi connectivity index (χ3v) is 4.79. The second-order valence-corrected chi connectivity index (χ2v) is 7.92. The van der Waals surface area contributed by atoms with Gasteiger partial charge in [-0.2, -0.15) is 0 Å². The molecule has 1 heterocycles. The SMILES string of the molecule is CC(C)(O)CNCCNS(=O)(=O)c1cccc(N)c1-c1ncccn1. The Bertz CT molecular complexity index is 804. The molecule has 0 bridgehead atoms. The van der Waals surface area contributed by atoms with E-state index in [1.165, 1.54) is 18.5 Å². The molecule has 1 aromatic heterocycles.